The quantitative estimate of drug-likeness (QED) is 0.477. The van der Waals surface area contributed by atoms with E-state index < -0.39 is 12.8 Å². The summed E-state index contributed by atoms with van der Waals surface area (Å²) in [6.45, 7) is 3.32. The Hall–Kier alpha value is -2.77. The normalized spacial score (nSPS) is 12.1. The van der Waals surface area contributed by atoms with Crippen LogP contribution in [0.25, 0.3) is 22.2 Å². The summed E-state index contributed by atoms with van der Waals surface area (Å²) in [5.74, 6) is 1.37. The number of halogens is 1. The number of fused-ring (bicyclic) bond motifs is 1. The van der Waals surface area contributed by atoms with Crippen LogP contribution in [0.5, 0.6) is 5.75 Å². The number of hydrogen-bond acceptors (Lipinski definition) is 6. The molecule has 0 saturated carbocycles. The van der Waals surface area contributed by atoms with Crippen LogP contribution in [0.4, 0.5) is 10.2 Å². The van der Waals surface area contributed by atoms with E-state index in [1.165, 1.54) is 0 Å². The highest BCUT2D eigenvalue weighted by atomic mass is 19.1. The number of hydrogen-bond donors (Lipinski definition) is 2. The van der Waals surface area contributed by atoms with E-state index in [0.717, 1.165) is 41.0 Å². The predicted molar refractivity (Wildman–Crippen MR) is 112 cm³/mol. The first-order valence-corrected chi connectivity index (χ1v) is 9.75. The zero-order chi connectivity index (χ0) is 20.5. The van der Waals surface area contributed by atoms with Gasteiger partial charge in [-0.15, -0.1) is 0 Å². The van der Waals surface area contributed by atoms with Crippen molar-refractivity contribution in [2.75, 3.05) is 38.4 Å². The fourth-order valence-electron chi connectivity index (χ4n) is 2.74. The zero-order valence-electron chi connectivity index (χ0n) is 16.5. The summed E-state index contributed by atoms with van der Waals surface area (Å²) in [4.78, 5) is 9.11. The Kier molecular flexibility index (Phi) is 7.72. The van der Waals surface area contributed by atoms with Gasteiger partial charge < -0.3 is 19.9 Å². The van der Waals surface area contributed by atoms with Crippen molar-refractivity contribution in [2.24, 2.45) is 0 Å². The Morgan fingerprint density at radius 3 is 2.79 bits per heavy atom. The second-order valence-electron chi connectivity index (χ2n) is 6.64. The van der Waals surface area contributed by atoms with Crippen LogP contribution in [-0.2, 0) is 4.74 Å². The maximum Gasteiger partial charge on any atom is 0.125 e. The summed E-state index contributed by atoms with van der Waals surface area (Å²) in [5, 5.41) is 13.4. The highest BCUT2D eigenvalue weighted by molar-refractivity contribution is 5.82. The molecule has 0 aliphatic heterocycles. The van der Waals surface area contributed by atoms with Crippen molar-refractivity contribution in [2.45, 2.75) is 19.4 Å². The summed E-state index contributed by atoms with van der Waals surface area (Å²) in [6.07, 6.45) is 1.70. The van der Waals surface area contributed by atoms with E-state index in [1.54, 1.807) is 12.3 Å². The third-order valence-electron chi connectivity index (χ3n) is 4.24. The van der Waals surface area contributed by atoms with Crippen molar-refractivity contribution >= 4 is 16.7 Å². The van der Waals surface area contributed by atoms with E-state index in [9.17, 15) is 9.50 Å². The molecule has 3 aromatic rings. The minimum atomic E-state index is -1.11. The lowest BCUT2D eigenvalue weighted by atomic mass is 10.1. The number of benzene rings is 1. The minimum Gasteiger partial charge on any atom is -0.491 e. The molecule has 2 aromatic heterocycles. The van der Waals surface area contributed by atoms with Gasteiger partial charge in [0.1, 0.15) is 31.0 Å². The molecule has 0 aliphatic rings. The molecule has 0 bridgehead atoms. The van der Waals surface area contributed by atoms with Crippen LogP contribution in [0, 0.1) is 0 Å². The van der Waals surface area contributed by atoms with Crippen LogP contribution in [-0.4, -0.2) is 54.2 Å². The third kappa shape index (κ3) is 6.10. The van der Waals surface area contributed by atoms with Crippen molar-refractivity contribution in [3.8, 4) is 17.0 Å². The molecule has 0 aliphatic carbocycles. The van der Waals surface area contributed by atoms with Gasteiger partial charge in [-0.3, -0.25) is 0 Å². The largest absolute Gasteiger partial charge is 0.491 e. The van der Waals surface area contributed by atoms with Crippen molar-refractivity contribution < 1.29 is 19.0 Å². The standard InChI is InChI=1S/C22H26FN3O3/c1-2-10-28-11-9-24-22-8-4-17(14-25-22)21-6-3-16-12-19(5-7-20(16)26-21)29-15-18(27)13-23/h3-8,12,14,18,27H,2,9-11,13,15H2,1H3,(H,24,25). The van der Waals surface area contributed by atoms with Crippen molar-refractivity contribution in [1.82, 2.24) is 9.97 Å². The average molecular weight is 399 g/mol. The molecule has 1 unspecified atom stereocenters. The highest BCUT2D eigenvalue weighted by Gasteiger charge is 2.07. The molecular formula is C22H26FN3O3. The van der Waals surface area contributed by atoms with Gasteiger partial charge in [-0.1, -0.05) is 13.0 Å². The molecule has 3 rings (SSSR count). The number of ether oxygens (including phenoxy) is 2. The molecule has 0 spiro atoms. The second kappa shape index (κ2) is 10.7. The number of aliphatic hydroxyl groups is 1. The maximum absolute atomic E-state index is 12.3. The van der Waals surface area contributed by atoms with Crippen molar-refractivity contribution in [3.63, 3.8) is 0 Å². The van der Waals surface area contributed by atoms with Crippen LogP contribution in [0.15, 0.2) is 48.7 Å². The molecule has 154 valence electrons. The van der Waals surface area contributed by atoms with E-state index >= 15 is 0 Å². The van der Waals surface area contributed by atoms with E-state index in [4.69, 9.17) is 9.47 Å². The van der Waals surface area contributed by atoms with E-state index in [2.05, 4.69) is 22.2 Å². The van der Waals surface area contributed by atoms with Crippen molar-refractivity contribution in [3.05, 3.63) is 48.7 Å². The summed E-state index contributed by atoms with van der Waals surface area (Å²) in [7, 11) is 0. The molecule has 0 amide bonds. The lowest BCUT2D eigenvalue weighted by molar-refractivity contribution is 0.0842. The molecule has 7 heteroatoms. The van der Waals surface area contributed by atoms with E-state index in [1.807, 2.05) is 36.4 Å². The first-order valence-electron chi connectivity index (χ1n) is 9.75. The Morgan fingerprint density at radius 1 is 1.14 bits per heavy atom. The summed E-state index contributed by atoms with van der Waals surface area (Å²) < 4.78 is 23.2. The molecule has 1 atom stereocenters. The summed E-state index contributed by atoms with van der Waals surface area (Å²) in [5.41, 5.74) is 2.56. The number of alkyl halides is 1. The third-order valence-corrected chi connectivity index (χ3v) is 4.24. The van der Waals surface area contributed by atoms with Gasteiger partial charge in [0.15, 0.2) is 0 Å². The average Bonchev–Trinajstić information content (AvgIpc) is 2.77. The molecule has 0 radical (unpaired) electrons. The smallest absolute Gasteiger partial charge is 0.125 e. The van der Waals surface area contributed by atoms with E-state index in [-0.39, 0.29) is 6.61 Å². The van der Waals surface area contributed by atoms with Gasteiger partial charge in [0.05, 0.1) is 17.8 Å². The predicted octanol–water partition coefficient (Wildman–Crippen LogP) is 3.84. The molecule has 6 nitrogen and oxygen atoms in total. The van der Waals surface area contributed by atoms with Crippen LogP contribution >= 0.6 is 0 Å². The minimum absolute atomic E-state index is 0.0791. The lowest BCUT2D eigenvalue weighted by Crippen LogP contribution is -2.19. The molecule has 2 heterocycles. The number of anilines is 1. The molecule has 0 saturated heterocycles. The first-order chi connectivity index (χ1) is 14.2. The number of nitrogens with one attached hydrogen (secondary N) is 1. The van der Waals surface area contributed by atoms with Gasteiger partial charge in [-0.05, 0) is 42.8 Å². The van der Waals surface area contributed by atoms with Crippen LogP contribution in [0.3, 0.4) is 0 Å². The fourth-order valence-corrected chi connectivity index (χ4v) is 2.74. The number of nitrogens with zero attached hydrogens (tertiary/aromatic N) is 2. The van der Waals surface area contributed by atoms with Crippen LogP contribution in [0.1, 0.15) is 13.3 Å². The molecule has 1 aromatic carbocycles. The number of pyridine rings is 2. The summed E-state index contributed by atoms with van der Waals surface area (Å²) in [6, 6.07) is 13.2. The van der Waals surface area contributed by atoms with Gasteiger partial charge in [-0.25, -0.2) is 14.4 Å². The van der Waals surface area contributed by atoms with Gasteiger partial charge in [-0.2, -0.15) is 0 Å². The number of aromatic nitrogens is 2. The lowest BCUT2D eigenvalue weighted by Gasteiger charge is -2.10. The van der Waals surface area contributed by atoms with Crippen LogP contribution < -0.4 is 10.1 Å². The zero-order valence-corrected chi connectivity index (χ0v) is 16.5. The van der Waals surface area contributed by atoms with Gasteiger partial charge in [0.2, 0.25) is 0 Å². The highest BCUT2D eigenvalue weighted by Crippen LogP contribution is 2.24. The maximum atomic E-state index is 12.3. The molecule has 0 fully saturated rings. The topological polar surface area (TPSA) is 76.5 Å². The van der Waals surface area contributed by atoms with E-state index in [0.29, 0.717) is 18.9 Å². The fraction of sp³-hybridized carbons (Fsp3) is 0.364. The second-order valence-corrected chi connectivity index (χ2v) is 6.64. The Balaban J connectivity index is 1.63. The molecular weight excluding hydrogens is 373 g/mol. The SMILES string of the molecule is CCCOCCNc1ccc(-c2ccc3cc(OCC(O)CF)ccc3n2)cn1. The Bertz CT molecular complexity index is 905. The van der Waals surface area contributed by atoms with Gasteiger partial charge in [0.25, 0.3) is 0 Å². The first kappa shape index (κ1) is 21.0. The Labute approximate surface area is 169 Å². The van der Waals surface area contributed by atoms with Gasteiger partial charge in [0, 0.05) is 30.3 Å². The monoisotopic (exact) mass is 399 g/mol. The molecule has 29 heavy (non-hydrogen) atoms. The van der Waals surface area contributed by atoms with Crippen LogP contribution in [0.2, 0.25) is 0 Å². The molecule has 2 N–H and O–H groups in total. The van der Waals surface area contributed by atoms with Gasteiger partial charge >= 0.3 is 0 Å². The summed E-state index contributed by atoms with van der Waals surface area (Å²) >= 11 is 0. The number of aliphatic hydroxyl groups excluding tert-OH is 1. The van der Waals surface area contributed by atoms with Crippen molar-refractivity contribution in [1.29, 1.82) is 0 Å². The Morgan fingerprint density at radius 2 is 2.03 bits per heavy atom. The number of rotatable bonds is 11.